The molecule has 118 valence electrons. The number of ether oxygens (including phenoxy) is 1. The Balaban J connectivity index is 2.13. The Bertz CT molecular complexity index is 442. The molecule has 1 aliphatic rings. The lowest BCUT2D eigenvalue weighted by atomic mass is 10.1. The zero-order chi connectivity index (χ0) is 15.1. The van der Waals surface area contributed by atoms with Crippen LogP contribution in [0.1, 0.15) is 33.1 Å². The molecule has 1 N–H and O–H groups in total. The molecule has 0 aromatic carbocycles. The third-order valence-electron chi connectivity index (χ3n) is 3.54. The van der Waals surface area contributed by atoms with Gasteiger partial charge in [0, 0.05) is 32.3 Å². The molecular weight excluding hydrogens is 284 g/mol. The van der Waals surface area contributed by atoms with Gasteiger partial charge in [-0.1, -0.05) is 18.7 Å². The molecule has 0 amide bonds. The maximum atomic E-state index is 5.78. The SMILES string of the molecule is CCCNc1cc(N2CCCC(OCC)C2)nc(SC)n1. The number of thioether (sulfide) groups is 1. The Morgan fingerprint density at radius 3 is 3.00 bits per heavy atom. The van der Waals surface area contributed by atoms with Gasteiger partial charge in [0.15, 0.2) is 5.16 Å². The molecule has 21 heavy (non-hydrogen) atoms. The van der Waals surface area contributed by atoms with E-state index < -0.39 is 0 Å². The minimum Gasteiger partial charge on any atom is -0.377 e. The second kappa shape index (κ2) is 8.44. The van der Waals surface area contributed by atoms with Gasteiger partial charge in [0.25, 0.3) is 0 Å². The lowest BCUT2D eigenvalue weighted by Crippen LogP contribution is -2.40. The van der Waals surface area contributed by atoms with Gasteiger partial charge in [0.05, 0.1) is 6.10 Å². The van der Waals surface area contributed by atoms with Gasteiger partial charge in [-0.15, -0.1) is 0 Å². The summed E-state index contributed by atoms with van der Waals surface area (Å²) in [7, 11) is 0. The van der Waals surface area contributed by atoms with Crippen LogP contribution in [0.15, 0.2) is 11.2 Å². The molecule has 0 radical (unpaired) electrons. The first-order valence-electron chi connectivity index (χ1n) is 7.80. The summed E-state index contributed by atoms with van der Waals surface area (Å²) in [4.78, 5) is 11.5. The summed E-state index contributed by atoms with van der Waals surface area (Å²) < 4.78 is 5.78. The van der Waals surface area contributed by atoms with Crippen molar-refractivity contribution in [3.05, 3.63) is 6.07 Å². The number of hydrogen-bond donors (Lipinski definition) is 1. The molecular formula is C15H26N4OS. The highest BCUT2D eigenvalue weighted by Gasteiger charge is 2.22. The van der Waals surface area contributed by atoms with Gasteiger partial charge < -0.3 is 15.0 Å². The van der Waals surface area contributed by atoms with E-state index in [1.807, 2.05) is 6.26 Å². The Kier molecular flexibility index (Phi) is 6.57. The fourth-order valence-corrected chi connectivity index (χ4v) is 2.90. The maximum absolute atomic E-state index is 5.78. The Hall–Kier alpha value is -1.01. The van der Waals surface area contributed by atoms with Crippen molar-refractivity contribution >= 4 is 23.4 Å². The number of piperidine rings is 1. The number of nitrogens with zero attached hydrogens (tertiary/aromatic N) is 3. The van der Waals surface area contributed by atoms with E-state index in [4.69, 9.17) is 4.74 Å². The average Bonchev–Trinajstić information content (AvgIpc) is 2.53. The molecule has 6 heteroatoms. The summed E-state index contributed by atoms with van der Waals surface area (Å²) in [5.74, 6) is 1.93. The molecule has 1 atom stereocenters. The summed E-state index contributed by atoms with van der Waals surface area (Å²) in [6.07, 6.45) is 5.72. The molecule has 0 aliphatic carbocycles. The number of rotatable bonds is 7. The maximum Gasteiger partial charge on any atom is 0.191 e. The Morgan fingerprint density at radius 2 is 2.29 bits per heavy atom. The highest BCUT2D eigenvalue weighted by Crippen LogP contribution is 2.24. The molecule has 1 aliphatic heterocycles. The summed E-state index contributed by atoms with van der Waals surface area (Å²) in [6.45, 7) is 7.89. The van der Waals surface area contributed by atoms with Crippen LogP contribution in [-0.4, -0.2) is 48.6 Å². The first-order valence-corrected chi connectivity index (χ1v) is 9.02. The molecule has 0 saturated carbocycles. The molecule has 1 aromatic heterocycles. The van der Waals surface area contributed by atoms with Crippen LogP contribution in [0.3, 0.4) is 0 Å². The molecule has 5 nitrogen and oxygen atoms in total. The standard InChI is InChI=1S/C15H26N4OS/c1-4-8-16-13-10-14(18-15(17-13)21-3)19-9-6-7-12(11-19)20-5-2/h10,12H,4-9,11H2,1-3H3,(H,16,17,18). The predicted molar refractivity (Wildman–Crippen MR) is 89.5 cm³/mol. The third-order valence-corrected chi connectivity index (χ3v) is 4.08. The molecule has 1 unspecified atom stereocenters. The number of aromatic nitrogens is 2. The second-order valence-electron chi connectivity index (χ2n) is 5.19. The molecule has 2 heterocycles. The van der Waals surface area contributed by atoms with Crippen LogP contribution in [-0.2, 0) is 4.74 Å². The van der Waals surface area contributed by atoms with Crippen molar-refractivity contribution in [3.63, 3.8) is 0 Å². The van der Waals surface area contributed by atoms with E-state index in [0.29, 0.717) is 6.10 Å². The van der Waals surface area contributed by atoms with E-state index in [9.17, 15) is 0 Å². The van der Waals surface area contributed by atoms with Gasteiger partial charge in [-0.3, -0.25) is 0 Å². The third kappa shape index (κ3) is 4.74. The number of hydrogen-bond acceptors (Lipinski definition) is 6. The molecule has 1 fully saturated rings. The minimum absolute atomic E-state index is 0.323. The highest BCUT2D eigenvalue weighted by atomic mass is 32.2. The number of anilines is 2. The lowest BCUT2D eigenvalue weighted by Gasteiger charge is -2.33. The van der Waals surface area contributed by atoms with Crippen molar-refractivity contribution < 1.29 is 4.74 Å². The topological polar surface area (TPSA) is 50.3 Å². The smallest absolute Gasteiger partial charge is 0.191 e. The van der Waals surface area contributed by atoms with Crippen molar-refractivity contribution in [1.82, 2.24) is 9.97 Å². The average molecular weight is 310 g/mol. The van der Waals surface area contributed by atoms with Crippen LogP contribution in [0, 0.1) is 0 Å². The van der Waals surface area contributed by atoms with Crippen LogP contribution in [0.2, 0.25) is 0 Å². The predicted octanol–water partition coefficient (Wildman–Crippen LogP) is 3.03. The normalized spacial score (nSPS) is 18.8. The Labute approximate surface area is 131 Å². The minimum atomic E-state index is 0.323. The van der Waals surface area contributed by atoms with E-state index in [-0.39, 0.29) is 0 Å². The van der Waals surface area contributed by atoms with Crippen LogP contribution in [0.4, 0.5) is 11.6 Å². The molecule has 1 saturated heterocycles. The number of nitrogens with one attached hydrogen (secondary N) is 1. The molecule has 2 rings (SSSR count). The fraction of sp³-hybridized carbons (Fsp3) is 0.733. The van der Waals surface area contributed by atoms with Crippen LogP contribution in [0.5, 0.6) is 0 Å². The second-order valence-corrected chi connectivity index (χ2v) is 5.96. The van der Waals surface area contributed by atoms with E-state index in [0.717, 1.165) is 62.3 Å². The summed E-state index contributed by atoms with van der Waals surface area (Å²) >= 11 is 1.59. The van der Waals surface area contributed by atoms with Gasteiger partial charge in [0.2, 0.25) is 0 Å². The van der Waals surface area contributed by atoms with Gasteiger partial charge in [0.1, 0.15) is 11.6 Å². The van der Waals surface area contributed by atoms with Gasteiger partial charge in [-0.25, -0.2) is 9.97 Å². The zero-order valence-electron chi connectivity index (χ0n) is 13.3. The fourth-order valence-electron chi connectivity index (χ4n) is 2.53. The van der Waals surface area contributed by atoms with Crippen molar-refractivity contribution in [2.45, 2.75) is 44.4 Å². The van der Waals surface area contributed by atoms with E-state index in [1.54, 1.807) is 11.8 Å². The Morgan fingerprint density at radius 1 is 1.43 bits per heavy atom. The van der Waals surface area contributed by atoms with Crippen molar-refractivity contribution in [3.8, 4) is 0 Å². The lowest BCUT2D eigenvalue weighted by molar-refractivity contribution is 0.0525. The van der Waals surface area contributed by atoms with Gasteiger partial charge in [-0.2, -0.15) is 0 Å². The first-order chi connectivity index (χ1) is 10.3. The molecule has 0 bridgehead atoms. The van der Waals surface area contributed by atoms with E-state index >= 15 is 0 Å². The monoisotopic (exact) mass is 310 g/mol. The molecule has 0 spiro atoms. The van der Waals surface area contributed by atoms with Crippen LogP contribution in [0.25, 0.3) is 0 Å². The van der Waals surface area contributed by atoms with Crippen molar-refractivity contribution in [1.29, 1.82) is 0 Å². The van der Waals surface area contributed by atoms with E-state index in [1.165, 1.54) is 0 Å². The summed E-state index contributed by atoms with van der Waals surface area (Å²) in [5.41, 5.74) is 0. The summed E-state index contributed by atoms with van der Waals surface area (Å²) in [5, 5.41) is 4.19. The largest absolute Gasteiger partial charge is 0.377 e. The van der Waals surface area contributed by atoms with Crippen LogP contribution < -0.4 is 10.2 Å². The van der Waals surface area contributed by atoms with Crippen molar-refractivity contribution in [2.75, 3.05) is 42.7 Å². The summed E-state index contributed by atoms with van der Waals surface area (Å²) in [6, 6.07) is 2.06. The highest BCUT2D eigenvalue weighted by molar-refractivity contribution is 7.98. The van der Waals surface area contributed by atoms with E-state index in [2.05, 4.69) is 40.1 Å². The molecule has 1 aromatic rings. The van der Waals surface area contributed by atoms with Crippen molar-refractivity contribution in [2.24, 2.45) is 0 Å². The quantitative estimate of drug-likeness (QED) is 0.617. The first kappa shape index (κ1) is 16.4. The van der Waals surface area contributed by atoms with Gasteiger partial charge in [-0.05, 0) is 32.4 Å². The zero-order valence-corrected chi connectivity index (χ0v) is 14.1. The van der Waals surface area contributed by atoms with Crippen LogP contribution >= 0.6 is 11.8 Å². The van der Waals surface area contributed by atoms with Gasteiger partial charge >= 0.3 is 0 Å².